The Morgan fingerprint density at radius 3 is 2.56 bits per heavy atom. The molecule has 2 aliphatic rings. The molecule has 3 heteroatoms. The van der Waals surface area contributed by atoms with Crippen LogP contribution in [0, 0.1) is 0 Å². The summed E-state index contributed by atoms with van der Waals surface area (Å²) in [6.07, 6.45) is 4.92. The molecule has 0 amide bonds. The minimum Gasteiger partial charge on any atom is -0.347 e. The number of hydrogen-bond acceptors (Lipinski definition) is 3. The smallest absolute Gasteiger partial charge is 0.194 e. The Labute approximate surface area is 107 Å². The topological polar surface area (TPSA) is 35.5 Å². The monoisotopic (exact) mass is 246 g/mol. The van der Waals surface area contributed by atoms with Crippen molar-refractivity contribution in [3.05, 3.63) is 35.9 Å². The van der Waals surface area contributed by atoms with Gasteiger partial charge in [0.1, 0.15) is 6.10 Å². The molecule has 1 aliphatic carbocycles. The molecule has 1 saturated carbocycles. The Hall–Kier alpha value is -1.19. The SMILES string of the molecule is O=C(c1ccccc1)[C@H]1COC2(CCCCC2)O1. The van der Waals surface area contributed by atoms with Gasteiger partial charge in [0.25, 0.3) is 0 Å². The standard InChI is InChI=1S/C15H18O3/c16-14(12-7-3-1-4-8-12)13-11-17-15(18-13)9-5-2-6-10-15/h1,3-4,7-8,13H,2,5-6,9-11H2/t13-/m1/s1. The molecule has 1 aromatic carbocycles. The van der Waals surface area contributed by atoms with Gasteiger partial charge in [-0.3, -0.25) is 4.79 Å². The Morgan fingerprint density at radius 2 is 1.83 bits per heavy atom. The molecule has 96 valence electrons. The number of ketones is 1. The molecular weight excluding hydrogens is 228 g/mol. The average Bonchev–Trinajstić information content (AvgIpc) is 2.83. The molecule has 0 unspecified atom stereocenters. The summed E-state index contributed by atoms with van der Waals surface area (Å²) in [5.41, 5.74) is 0.707. The number of benzene rings is 1. The Morgan fingerprint density at radius 1 is 1.11 bits per heavy atom. The molecule has 3 rings (SSSR count). The number of carbonyl (C=O) groups excluding carboxylic acids is 1. The molecule has 18 heavy (non-hydrogen) atoms. The van der Waals surface area contributed by atoms with E-state index in [1.165, 1.54) is 6.42 Å². The van der Waals surface area contributed by atoms with E-state index in [9.17, 15) is 4.79 Å². The fourth-order valence-corrected chi connectivity index (χ4v) is 2.83. The maximum atomic E-state index is 12.3. The Kier molecular flexibility index (Phi) is 3.18. The normalized spacial score (nSPS) is 26.3. The molecular formula is C15H18O3. The first kappa shape index (κ1) is 11.9. The van der Waals surface area contributed by atoms with E-state index < -0.39 is 11.9 Å². The molecule has 0 radical (unpaired) electrons. The van der Waals surface area contributed by atoms with Crippen LogP contribution in [-0.2, 0) is 9.47 Å². The van der Waals surface area contributed by atoms with Crippen LogP contribution in [0.15, 0.2) is 30.3 Å². The molecule has 0 N–H and O–H groups in total. The highest BCUT2D eigenvalue weighted by Crippen LogP contribution is 2.38. The molecule has 1 heterocycles. The van der Waals surface area contributed by atoms with Crippen molar-refractivity contribution in [1.29, 1.82) is 0 Å². The highest BCUT2D eigenvalue weighted by atomic mass is 16.7. The number of rotatable bonds is 2. The first-order chi connectivity index (χ1) is 8.79. The lowest BCUT2D eigenvalue weighted by Gasteiger charge is -2.31. The summed E-state index contributed by atoms with van der Waals surface area (Å²) in [5.74, 6) is -0.425. The van der Waals surface area contributed by atoms with Crippen LogP contribution >= 0.6 is 0 Å². The van der Waals surface area contributed by atoms with E-state index in [1.807, 2.05) is 30.3 Å². The lowest BCUT2D eigenvalue weighted by atomic mass is 9.94. The van der Waals surface area contributed by atoms with Crippen LogP contribution in [0.3, 0.4) is 0 Å². The summed E-state index contributed by atoms with van der Waals surface area (Å²) in [7, 11) is 0. The van der Waals surface area contributed by atoms with Crippen LogP contribution < -0.4 is 0 Å². The zero-order valence-corrected chi connectivity index (χ0v) is 10.4. The van der Waals surface area contributed by atoms with Crippen molar-refractivity contribution < 1.29 is 14.3 Å². The van der Waals surface area contributed by atoms with Gasteiger partial charge in [-0.05, 0) is 12.8 Å². The second-order valence-corrected chi connectivity index (χ2v) is 5.12. The number of hydrogen-bond donors (Lipinski definition) is 0. The summed E-state index contributed by atoms with van der Waals surface area (Å²) >= 11 is 0. The van der Waals surface area contributed by atoms with Crippen molar-refractivity contribution in [1.82, 2.24) is 0 Å². The quantitative estimate of drug-likeness (QED) is 0.753. The molecule has 1 saturated heterocycles. The first-order valence-electron chi connectivity index (χ1n) is 6.70. The largest absolute Gasteiger partial charge is 0.347 e. The van der Waals surface area contributed by atoms with Crippen LogP contribution in [0.5, 0.6) is 0 Å². The second-order valence-electron chi connectivity index (χ2n) is 5.12. The van der Waals surface area contributed by atoms with Crippen molar-refractivity contribution in [3.8, 4) is 0 Å². The van der Waals surface area contributed by atoms with E-state index in [4.69, 9.17) is 9.47 Å². The van der Waals surface area contributed by atoms with E-state index >= 15 is 0 Å². The highest BCUT2D eigenvalue weighted by Gasteiger charge is 2.44. The minimum absolute atomic E-state index is 0.0399. The predicted octanol–water partition coefficient (Wildman–Crippen LogP) is 2.95. The fourth-order valence-electron chi connectivity index (χ4n) is 2.83. The Balaban J connectivity index is 1.70. The van der Waals surface area contributed by atoms with Crippen molar-refractivity contribution in [2.75, 3.05) is 6.61 Å². The van der Waals surface area contributed by atoms with Crippen molar-refractivity contribution >= 4 is 5.78 Å². The molecule has 1 aliphatic heterocycles. The van der Waals surface area contributed by atoms with Gasteiger partial charge >= 0.3 is 0 Å². The van der Waals surface area contributed by atoms with Gasteiger partial charge in [0.05, 0.1) is 6.61 Å². The van der Waals surface area contributed by atoms with Gasteiger partial charge in [0.15, 0.2) is 11.6 Å². The molecule has 1 aromatic rings. The van der Waals surface area contributed by atoms with Crippen molar-refractivity contribution in [2.24, 2.45) is 0 Å². The van der Waals surface area contributed by atoms with Crippen LogP contribution in [0.25, 0.3) is 0 Å². The summed E-state index contributed by atoms with van der Waals surface area (Å²) in [6.45, 7) is 0.397. The summed E-state index contributed by atoms with van der Waals surface area (Å²) in [4.78, 5) is 12.3. The van der Waals surface area contributed by atoms with Gasteiger partial charge in [-0.15, -0.1) is 0 Å². The van der Waals surface area contributed by atoms with Gasteiger partial charge in [0.2, 0.25) is 0 Å². The number of Topliss-reactive ketones (excluding diaryl/α,β-unsaturated/α-hetero) is 1. The molecule has 3 nitrogen and oxygen atoms in total. The van der Waals surface area contributed by atoms with Gasteiger partial charge in [-0.2, -0.15) is 0 Å². The van der Waals surface area contributed by atoms with Crippen LogP contribution in [0.4, 0.5) is 0 Å². The predicted molar refractivity (Wildman–Crippen MR) is 67.4 cm³/mol. The van der Waals surface area contributed by atoms with Crippen LogP contribution in [0.2, 0.25) is 0 Å². The zero-order valence-electron chi connectivity index (χ0n) is 10.4. The van der Waals surface area contributed by atoms with Crippen LogP contribution in [0.1, 0.15) is 42.5 Å². The minimum atomic E-state index is -0.465. The zero-order chi connectivity index (χ0) is 12.4. The third kappa shape index (κ3) is 2.20. The molecule has 2 fully saturated rings. The molecule has 1 spiro atoms. The summed E-state index contributed by atoms with van der Waals surface area (Å²) < 4.78 is 11.7. The van der Waals surface area contributed by atoms with E-state index in [0.29, 0.717) is 12.2 Å². The van der Waals surface area contributed by atoms with Crippen molar-refractivity contribution in [2.45, 2.75) is 44.0 Å². The van der Waals surface area contributed by atoms with Gasteiger partial charge in [0, 0.05) is 18.4 Å². The number of carbonyl (C=O) groups is 1. The van der Waals surface area contributed by atoms with Crippen molar-refractivity contribution in [3.63, 3.8) is 0 Å². The van der Waals surface area contributed by atoms with E-state index in [0.717, 1.165) is 25.7 Å². The number of ether oxygens (including phenoxy) is 2. The second kappa shape index (κ2) is 4.82. The van der Waals surface area contributed by atoms with E-state index in [1.54, 1.807) is 0 Å². The third-order valence-electron chi connectivity index (χ3n) is 3.82. The highest BCUT2D eigenvalue weighted by molar-refractivity contribution is 5.99. The van der Waals surface area contributed by atoms with Gasteiger partial charge < -0.3 is 9.47 Å². The van der Waals surface area contributed by atoms with Gasteiger partial charge in [-0.25, -0.2) is 0 Å². The Bertz CT molecular complexity index is 421. The summed E-state index contributed by atoms with van der Waals surface area (Å²) in [6, 6.07) is 9.32. The third-order valence-corrected chi connectivity index (χ3v) is 3.82. The maximum Gasteiger partial charge on any atom is 0.194 e. The molecule has 0 bridgehead atoms. The first-order valence-corrected chi connectivity index (χ1v) is 6.70. The van der Waals surface area contributed by atoms with Crippen LogP contribution in [-0.4, -0.2) is 24.3 Å². The lowest BCUT2D eigenvalue weighted by molar-refractivity contribution is -0.182. The molecule has 0 aromatic heterocycles. The fraction of sp³-hybridized carbons (Fsp3) is 0.533. The van der Waals surface area contributed by atoms with E-state index in [2.05, 4.69) is 0 Å². The van der Waals surface area contributed by atoms with E-state index in [-0.39, 0.29) is 5.78 Å². The molecule has 1 atom stereocenters. The van der Waals surface area contributed by atoms with Gasteiger partial charge in [-0.1, -0.05) is 36.8 Å². The average molecular weight is 246 g/mol. The maximum absolute atomic E-state index is 12.3. The summed E-state index contributed by atoms with van der Waals surface area (Å²) in [5, 5.41) is 0. The lowest BCUT2D eigenvalue weighted by Crippen LogP contribution is -2.34.